The smallest absolute Gasteiger partial charge is 0.328 e. The highest BCUT2D eigenvalue weighted by molar-refractivity contribution is 7.99. The topological polar surface area (TPSA) is 108 Å². The molecule has 2 heterocycles. The van der Waals surface area contributed by atoms with E-state index in [1.54, 1.807) is 6.92 Å². The van der Waals surface area contributed by atoms with Gasteiger partial charge in [0.05, 0.1) is 5.75 Å². The Morgan fingerprint density at radius 2 is 1.81 bits per heavy atom. The van der Waals surface area contributed by atoms with Gasteiger partial charge in [0.25, 0.3) is 0 Å². The Morgan fingerprint density at radius 1 is 1.06 bits per heavy atom. The summed E-state index contributed by atoms with van der Waals surface area (Å²) in [7, 11) is 0. The molecule has 0 bridgehead atoms. The molecule has 2 aromatic heterocycles. The summed E-state index contributed by atoms with van der Waals surface area (Å²) in [6.07, 6.45) is 0. The number of nitrogens with zero attached hydrogens (tertiary/aromatic N) is 5. The molecule has 0 unspecified atom stereocenters. The first-order chi connectivity index (χ1) is 15.5. The van der Waals surface area contributed by atoms with Gasteiger partial charge in [-0.1, -0.05) is 53.3 Å². The average Bonchev–Trinajstić information content (AvgIpc) is 3.38. The minimum absolute atomic E-state index is 0.0697. The SMILES string of the molecule is Cc1noc(NC(=O)CSc2nnc(COc3c(C)cccc3C)n2-c2ccccc2)n1. The van der Waals surface area contributed by atoms with E-state index in [0.717, 1.165) is 22.6 Å². The Balaban J connectivity index is 1.52. The number of carbonyl (C=O) groups excluding carboxylic acids is 1. The van der Waals surface area contributed by atoms with E-state index in [9.17, 15) is 4.79 Å². The van der Waals surface area contributed by atoms with Gasteiger partial charge in [-0.25, -0.2) is 0 Å². The van der Waals surface area contributed by atoms with Crippen molar-refractivity contribution in [1.29, 1.82) is 0 Å². The van der Waals surface area contributed by atoms with E-state index in [2.05, 4.69) is 25.7 Å². The highest BCUT2D eigenvalue weighted by Gasteiger charge is 2.18. The molecule has 1 amide bonds. The van der Waals surface area contributed by atoms with Crippen LogP contribution in [-0.4, -0.2) is 36.6 Å². The Labute approximate surface area is 189 Å². The summed E-state index contributed by atoms with van der Waals surface area (Å²) in [5, 5.41) is 15.4. The van der Waals surface area contributed by atoms with Gasteiger partial charge in [-0.05, 0) is 44.0 Å². The van der Waals surface area contributed by atoms with Crippen LogP contribution in [0.4, 0.5) is 6.01 Å². The van der Waals surface area contributed by atoms with Crippen molar-refractivity contribution in [2.24, 2.45) is 0 Å². The zero-order valence-electron chi connectivity index (χ0n) is 17.9. The van der Waals surface area contributed by atoms with Crippen LogP contribution in [0, 0.1) is 20.8 Å². The molecule has 0 fully saturated rings. The lowest BCUT2D eigenvalue weighted by Gasteiger charge is -2.13. The number of amides is 1. The van der Waals surface area contributed by atoms with Gasteiger partial charge in [-0.15, -0.1) is 10.2 Å². The molecule has 0 saturated carbocycles. The summed E-state index contributed by atoms with van der Waals surface area (Å²) >= 11 is 1.26. The molecule has 0 aliphatic carbocycles. The third kappa shape index (κ3) is 4.97. The number of aryl methyl sites for hydroxylation is 3. The van der Waals surface area contributed by atoms with Crippen LogP contribution in [0.15, 0.2) is 58.2 Å². The summed E-state index contributed by atoms with van der Waals surface area (Å²) in [5.41, 5.74) is 2.99. The van der Waals surface area contributed by atoms with E-state index < -0.39 is 0 Å². The van der Waals surface area contributed by atoms with Crippen LogP contribution >= 0.6 is 11.8 Å². The summed E-state index contributed by atoms with van der Waals surface area (Å²) < 4.78 is 12.9. The second kappa shape index (κ2) is 9.65. The molecule has 9 nitrogen and oxygen atoms in total. The summed E-state index contributed by atoms with van der Waals surface area (Å²) in [6.45, 7) is 5.93. The van der Waals surface area contributed by atoms with Gasteiger partial charge in [-0.2, -0.15) is 4.98 Å². The second-order valence-electron chi connectivity index (χ2n) is 7.06. The number of aromatic nitrogens is 5. The van der Waals surface area contributed by atoms with E-state index in [1.165, 1.54) is 11.8 Å². The number of benzene rings is 2. The number of hydrogen-bond donors (Lipinski definition) is 1. The van der Waals surface area contributed by atoms with Gasteiger partial charge in [-0.3, -0.25) is 14.7 Å². The van der Waals surface area contributed by atoms with Crippen molar-refractivity contribution in [3.63, 3.8) is 0 Å². The molecule has 4 aromatic rings. The maximum atomic E-state index is 12.3. The van der Waals surface area contributed by atoms with E-state index in [1.807, 2.05) is 66.9 Å². The predicted octanol–water partition coefficient (Wildman–Crippen LogP) is 3.89. The van der Waals surface area contributed by atoms with Gasteiger partial charge in [0, 0.05) is 5.69 Å². The molecule has 0 saturated heterocycles. The normalized spacial score (nSPS) is 10.8. The molecule has 0 aliphatic rings. The molecule has 1 N–H and O–H groups in total. The van der Waals surface area contributed by atoms with Crippen LogP contribution in [-0.2, 0) is 11.4 Å². The fraction of sp³-hybridized carbons (Fsp3) is 0.227. The minimum Gasteiger partial charge on any atom is -0.485 e. The molecule has 0 spiro atoms. The van der Waals surface area contributed by atoms with Crippen LogP contribution in [0.25, 0.3) is 5.69 Å². The Bertz CT molecular complexity index is 1200. The fourth-order valence-corrected chi connectivity index (χ4v) is 3.89. The molecule has 32 heavy (non-hydrogen) atoms. The quantitative estimate of drug-likeness (QED) is 0.403. The third-order valence-corrected chi connectivity index (χ3v) is 5.50. The van der Waals surface area contributed by atoms with Gasteiger partial charge in [0.1, 0.15) is 12.4 Å². The van der Waals surface area contributed by atoms with E-state index in [-0.39, 0.29) is 24.3 Å². The number of thioether (sulfide) groups is 1. The predicted molar refractivity (Wildman–Crippen MR) is 120 cm³/mol. The maximum Gasteiger partial charge on any atom is 0.328 e. The molecule has 164 valence electrons. The van der Waals surface area contributed by atoms with Crippen molar-refractivity contribution in [3.8, 4) is 11.4 Å². The summed E-state index contributed by atoms with van der Waals surface area (Å²) in [4.78, 5) is 16.3. The number of anilines is 1. The van der Waals surface area contributed by atoms with Crippen molar-refractivity contribution in [2.45, 2.75) is 32.5 Å². The lowest BCUT2D eigenvalue weighted by atomic mass is 10.1. The molecule has 0 radical (unpaired) electrons. The van der Waals surface area contributed by atoms with Crippen molar-refractivity contribution in [3.05, 3.63) is 71.3 Å². The Morgan fingerprint density at radius 3 is 2.50 bits per heavy atom. The number of para-hydroxylation sites is 2. The van der Waals surface area contributed by atoms with Gasteiger partial charge < -0.3 is 9.26 Å². The summed E-state index contributed by atoms with van der Waals surface area (Å²) in [6, 6.07) is 15.8. The van der Waals surface area contributed by atoms with Crippen molar-refractivity contribution < 1.29 is 14.1 Å². The fourth-order valence-electron chi connectivity index (χ4n) is 3.12. The number of ether oxygens (including phenoxy) is 1. The number of nitrogens with one attached hydrogen (secondary N) is 1. The molecule has 4 rings (SSSR count). The van der Waals surface area contributed by atoms with Crippen molar-refractivity contribution >= 4 is 23.7 Å². The van der Waals surface area contributed by atoms with Crippen LogP contribution < -0.4 is 10.1 Å². The van der Waals surface area contributed by atoms with Crippen LogP contribution in [0.1, 0.15) is 22.8 Å². The van der Waals surface area contributed by atoms with E-state index >= 15 is 0 Å². The Kier molecular flexibility index (Phi) is 6.50. The lowest BCUT2D eigenvalue weighted by Crippen LogP contribution is -2.15. The van der Waals surface area contributed by atoms with Gasteiger partial charge in [0.2, 0.25) is 5.91 Å². The second-order valence-corrected chi connectivity index (χ2v) is 8.01. The summed E-state index contributed by atoms with van der Waals surface area (Å²) in [5.74, 6) is 1.73. The zero-order chi connectivity index (χ0) is 22.5. The molecule has 0 aliphatic heterocycles. The van der Waals surface area contributed by atoms with Crippen molar-refractivity contribution in [2.75, 3.05) is 11.1 Å². The molecule has 10 heteroatoms. The number of carbonyl (C=O) groups is 1. The van der Waals surface area contributed by atoms with Crippen LogP contribution in [0.3, 0.4) is 0 Å². The van der Waals surface area contributed by atoms with Crippen LogP contribution in [0.2, 0.25) is 0 Å². The van der Waals surface area contributed by atoms with E-state index in [0.29, 0.717) is 16.8 Å². The van der Waals surface area contributed by atoms with Crippen LogP contribution in [0.5, 0.6) is 5.75 Å². The number of rotatable bonds is 8. The van der Waals surface area contributed by atoms with Gasteiger partial charge >= 0.3 is 6.01 Å². The molecular weight excluding hydrogens is 428 g/mol. The highest BCUT2D eigenvalue weighted by Crippen LogP contribution is 2.26. The first kappa shape index (κ1) is 21.6. The minimum atomic E-state index is -0.283. The first-order valence-electron chi connectivity index (χ1n) is 9.93. The monoisotopic (exact) mass is 450 g/mol. The average molecular weight is 451 g/mol. The highest BCUT2D eigenvalue weighted by atomic mass is 32.2. The third-order valence-electron chi connectivity index (χ3n) is 4.58. The zero-order valence-corrected chi connectivity index (χ0v) is 18.7. The molecule has 0 atom stereocenters. The largest absolute Gasteiger partial charge is 0.485 e. The molecular formula is C22H22N6O3S. The molecule has 2 aromatic carbocycles. The lowest BCUT2D eigenvalue weighted by molar-refractivity contribution is -0.114. The van der Waals surface area contributed by atoms with E-state index in [4.69, 9.17) is 9.26 Å². The maximum absolute atomic E-state index is 12.3. The van der Waals surface area contributed by atoms with Gasteiger partial charge in [0.15, 0.2) is 16.8 Å². The number of hydrogen-bond acceptors (Lipinski definition) is 8. The standard InChI is InChI=1S/C22H22N6O3S/c1-14-8-7-9-15(2)20(14)30-12-18-25-26-22(28(18)17-10-5-4-6-11-17)32-13-19(29)24-21-23-16(3)27-31-21/h4-11H,12-13H2,1-3H3,(H,23,24,27,29). The Hall–Kier alpha value is -3.66. The van der Waals surface area contributed by atoms with Crippen molar-refractivity contribution in [1.82, 2.24) is 24.9 Å². The first-order valence-corrected chi connectivity index (χ1v) is 10.9.